The maximum atomic E-state index is 11.3. The van der Waals surface area contributed by atoms with E-state index >= 15 is 0 Å². The van der Waals surface area contributed by atoms with Crippen molar-refractivity contribution >= 4 is 17.0 Å². The molecular formula is C16H13LiN2O3. The van der Waals surface area contributed by atoms with E-state index in [-0.39, 0.29) is 24.7 Å². The van der Waals surface area contributed by atoms with Crippen molar-refractivity contribution in [2.24, 2.45) is 0 Å². The first kappa shape index (κ1) is 16.2. The molecule has 0 fully saturated rings. The number of nitrogens with zero attached hydrogens (tertiary/aromatic N) is 2. The Balaban J connectivity index is 0.00000176. The number of aromatic nitrogens is 2. The molecule has 0 saturated heterocycles. The van der Waals surface area contributed by atoms with Crippen LogP contribution >= 0.6 is 0 Å². The van der Waals surface area contributed by atoms with Gasteiger partial charge in [0.05, 0.1) is 24.7 Å². The molecule has 1 heterocycles. The van der Waals surface area contributed by atoms with Gasteiger partial charge in [-0.15, -0.1) is 0 Å². The number of ether oxygens (including phenoxy) is 1. The van der Waals surface area contributed by atoms with Crippen LogP contribution in [0.3, 0.4) is 0 Å². The molecule has 3 aromatic rings. The molecule has 2 aromatic carbocycles. The predicted octanol–water partition coefficient (Wildman–Crippen LogP) is -1.54. The van der Waals surface area contributed by atoms with E-state index in [2.05, 4.69) is 4.98 Å². The third kappa shape index (κ3) is 2.87. The molecule has 0 radical (unpaired) electrons. The molecule has 0 aliphatic carbocycles. The molecule has 0 amide bonds. The zero-order chi connectivity index (χ0) is 14.8. The largest absolute Gasteiger partial charge is 1.00 e. The Hall–Kier alpha value is -2.22. The van der Waals surface area contributed by atoms with Gasteiger partial charge in [0.25, 0.3) is 0 Å². The van der Waals surface area contributed by atoms with E-state index in [0.29, 0.717) is 17.8 Å². The molecule has 22 heavy (non-hydrogen) atoms. The van der Waals surface area contributed by atoms with Gasteiger partial charge >= 0.3 is 18.9 Å². The molecule has 3 rings (SSSR count). The maximum Gasteiger partial charge on any atom is 1.00 e. The summed E-state index contributed by atoms with van der Waals surface area (Å²) in [5.41, 5.74) is 2.26. The van der Waals surface area contributed by atoms with E-state index in [1.165, 1.54) is 0 Å². The summed E-state index contributed by atoms with van der Waals surface area (Å²) in [6, 6.07) is 14.8. The Morgan fingerprint density at radius 3 is 2.59 bits per heavy atom. The van der Waals surface area contributed by atoms with E-state index < -0.39 is 5.97 Å². The van der Waals surface area contributed by atoms with Crippen molar-refractivity contribution in [1.82, 2.24) is 9.55 Å². The third-order valence-electron chi connectivity index (χ3n) is 3.36. The average molecular weight is 288 g/mol. The first-order valence-corrected chi connectivity index (χ1v) is 6.49. The smallest absolute Gasteiger partial charge is 0.542 e. The van der Waals surface area contributed by atoms with Crippen molar-refractivity contribution in [1.29, 1.82) is 0 Å². The minimum atomic E-state index is -1.29. The number of aromatic carboxylic acids is 1. The van der Waals surface area contributed by atoms with Gasteiger partial charge in [-0.2, -0.15) is 0 Å². The molecular weight excluding hydrogens is 275 g/mol. The summed E-state index contributed by atoms with van der Waals surface area (Å²) in [7, 11) is 1.59. The number of carbonyl (C=O) groups excluding carboxylic acids is 1. The van der Waals surface area contributed by atoms with Crippen LogP contribution in [-0.2, 0) is 6.54 Å². The summed E-state index contributed by atoms with van der Waals surface area (Å²) >= 11 is 0. The molecule has 0 aliphatic heterocycles. The van der Waals surface area contributed by atoms with E-state index in [0.717, 1.165) is 11.1 Å². The SMILES string of the molecule is COc1ccccc1Cn1c(C(=O)[O-])nc2ccccc21.[Li+]. The quantitative estimate of drug-likeness (QED) is 0.546. The van der Waals surface area contributed by atoms with Crippen molar-refractivity contribution in [3.63, 3.8) is 0 Å². The zero-order valence-corrected chi connectivity index (χ0v) is 12.4. The van der Waals surface area contributed by atoms with Gasteiger partial charge in [-0.05, 0) is 18.2 Å². The number of benzene rings is 2. The summed E-state index contributed by atoms with van der Waals surface area (Å²) in [5.74, 6) is -0.664. The number of methoxy groups -OCH3 is 1. The van der Waals surface area contributed by atoms with Crippen LogP contribution in [0, 0.1) is 0 Å². The van der Waals surface area contributed by atoms with Crippen molar-refractivity contribution in [3.8, 4) is 5.75 Å². The van der Waals surface area contributed by atoms with Gasteiger partial charge in [0.2, 0.25) is 0 Å². The van der Waals surface area contributed by atoms with E-state index in [4.69, 9.17) is 4.74 Å². The van der Waals surface area contributed by atoms with Gasteiger partial charge in [0, 0.05) is 5.56 Å². The number of carbonyl (C=O) groups is 1. The molecule has 0 spiro atoms. The number of hydrogen-bond donors (Lipinski definition) is 0. The summed E-state index contributed by atoms with van der Waals surface area (Å²) in [4.78, 5) is 15.4. The molecule has 0 bridgehead atoms. The van der Waals surface area contributed by atoms with Crippen LogP contribution in [0.1, 0.15) is 16.2 Å². The molecule has 0 N–H and O–H groups in total. The Labute approximate surface area is 139 Å². The summed E-state index contributed by atoms with van der Waals surface area (Å²) in [5, 5.41) is 11.3. The van der Waals surface area contributed by atoms with Crippen LogP contribution in [0.15, 0.2) is 48.5 Å². The van der Waals surface area contributed by atoms with Crippen molar-refractivity contribution in [2.45, 2.75) is 6.54 Å². The minimum Gasteiger partial charge on any atom is -0.542 e. The van der Waals surface area contributed by atoms with Gasteiger partial charge in [-0.1, -0.05) is 30.3 Å². The second kappa shape index (κ2) is 6.69. The second-order valence-electron chi connectivity index (χ2n) is 4.61. The third-order valence-corrected chi connectivity index (χ3v) is 3.36. The van der Waals surface area contributed by atoms with Crippen LogP contribution in [0.2, 0.25) is 0 Å². The molecule has 106 valence electrons. The van der Waals surface area contributed by atoms with E-state index in [1.807, 2.05) is 42.5 Å². The topological polar surface area (TPSA) is 67.2 Å². The fourth-order valence-electron chi connectivity index (χ4n) is 2.40. The molecule has 6 heteroatoms. The molecule has 1 aromatic heterocycles. The van der Waals surface area contributed by atoms with E-state index in [1.54, 1.807) is 17.7 Å². The number of rotatable bonds is 4. The zero-order valence-electron chi connectivity index (χ0n) is 12.4. The van der Waals surface area contributed by atoms with Gasteiger partial charge in [0.15, 0.2) is 5.82 Å². The van der Waals surface area contributed by atoms with Gasteiger partial charge < -0.3 is 19.2 Å². The van der Waals surface area contributed by atoms with Gasteiger partial charge in [-0.3, -0.25) is 0 Å². The maximum absolute atomic E-state index is 11.3. The first-order chi connectivity index (χ1) is 10.2. The normalized spacial score (nSPS) is 10.2. The fraction of sp³-hybridized carbons (Fsp3) is 0.125. The fourth-order valence-corrected chi connectivity index (χ4v) is 2.40. The van der Waals surface area contributed by atoms with Crippen LogP contribution in [0.5, 0.6) is 5.75 Å². The van der Waals surface area contributed by atoms with Crippen LogP contribution < -0.4 is 28.7 Å². The Bertz CT molecular complexity index is 814. The number of para-hydroxylation sites is 3. The van der Waals surface area contributed by atoms with E-state index in [9.17, 15) is 9.90 Å². The van der Waals surface area contributed by atoms with Crippen LogP contribution in [-0.4, -0.2) is 22.6 Å². The Morgan fingerprint density at radius 2 is 1.86 bits per heavy atom. The number of carboxylic acid groups (broad SMARTS) is 1. The van der Waals surface area contributed by atoms with Crippen molar-refractivity contribution in [2.75, 3.05) is 7.11 Å². The number of fused-ring (bicyclic) bond motifs is 1. The van der Waals surface area contributed by atoms with Crippen molar-refractivity contribution in [3.05, 3.63) is 59.9 Å². The second-order valence-corrected chi connectivity index (χ2v) is 4.61. The average Bonchev–Trinajstić information content (AvgIpc) is 2.87. The summed E-state index contributed by atoms with van der Waals surface area (Å²) in [6.45, 7) is 0.355. The minimum absolute atomic E-state index is 0. The molecule has 0 aliphatic rings. The van der Waals surface area contributed by atoms with Crippen LogP contribution in [0.4, 0.5) is 0 Å². The first-order valence-electron chi connectivity index (χ1n) is 6.49. The molecule has 0 unspecified atom stereocenters. The van der Waals surface area contributed by atoms with Gasteiger partial charge in [0.1, 0.15) is 11.7 Å². The Kier molecular flexibility index (Phi) is 4.91. The monoisotopic (exact) mass is 288 g/mol. The molecule has 5 nitrogen and oxygen atoms in total. The Morgan fingerprint density at radius 1 is 1.18 bits per heavy atom. The number of imidazole rings is 1. The van der Waals surface area contributed by atoms with Crippen molar-refractivity contribution < 1.29 is 33.5 Å². The number of hydrogen-bond acceptors (Lipinski definition) is 4. The number of carboxylic acids is 1. The summed E-state index contributed by atoms with van der Waals surface area (Å²) < 4.78 is 6.94. The van der Waals surface area contributed by atoms with Crippen LogP contribution in [0.25, 0.3) is 11.0 Å². The van der Waals surface area contributed by atoms with Gasteiger partial charge in [-0.25, -0.2) is 4.98 Å². The standard InChI is InChI=1S/C16H14N2O3.Li/c1-21-14-9-5-2-6-11(14)10-18-13-8-4-3-7-12(13)17-15(18)16(19)20;/h2-9H,10H2,1H3,(H,19,20);/q;+1/p-1. The summed E-state index contributed by atoms with van der Waals surface area (Å²) in [6.07, 6.45) is 0. The molecule has 0 saturated carbocycles. The molecule has 0 atom stereocenters. The predicted molar refractivity (Wildman–Crippen MR) is 76.2 cm³/mol.